The topological polar surface area (TPSA) is 58.2 Å². The molecule has 4 nitrogen and oxygen atoms in total. The number of nitrogens with one attached hydrogen (secondary N) is 2. The third-order valence-electron chi connectivity index (χ3n) is 1.31. The molecule has 14 heavy (non-hydrogen) atoms. The highest BCUT2D eigenvalue weighted by Gasteiger charge is 1.89. The fourth-order valence-corrected chi connectivity index (χ4v) is 0.752. The molecule has 78 valence electrons. The molecule has 0 radical (unpaired) electrons. The monoisotopic (exact) mass is 196 g/mol. The van der Waals surface area contributed by atoms with Crippen LogP contribution in [0.15, 0.2) is 24.3 Å². The van der Waals surface area contributed by atoms with Crippen LogP contribution in [0.3, 0.4) is 0 Å². The first kappa shape index (κ1) is 12.4. The third kappa shape index (κ3) is 7.09. The van der Waals surface area contributed by atoms with Crippen LogP contribution in [0, 0.1) is 0 Å². The van der Waals surface area contributed by atoms with E-state index in [4.69, 9.17) is 0 Å². The quantitative estimate of drug-likeness (QED) is 0.493. The first-order chi connectivity index (χ1) is 6.70. The number of carbonyl (C=O) groups excluding carboxylic acids is 2. The average Bonchev–Trinajstić information content (AvgIpc) is 2.13. The van der Waals surface area contributed by atoms with Crippen molar-refractivity contribution < 1.29 is 9.59 Å². The Hall–Kier alpha value is -1.58. The first-order valence-corrected chi connectivity index (χ1v) is 4.61. The second-order valence-corrected chi connectivity index (χ2v) is 2.51. The Balaban J connectivity index is 3.80. The van der Waals surface area contributed by atoms with Crippen LogP contribution in [0.25, 0.3) is 0 Å². The summed E-state index contributed by atoms with van der Waals surface area (Å²) in [5.74, 6) is -0.318. The van der Waals surface area contributed by atoms with E-state index in [1.54, 1.807) is 0 Å². The minimum absolute atomic E-state index is 0.159. The molecule has 0 saturated heterocycles. The van der Waals surface area contributed by atoms with Gasteiger partial charge in [-0.3, -0.25) is 9.59 Å². The lowest BCUT2D eigenvalue weighted by Gasteiger charge is -1.93. The first-order valence-electron chi connectivity index (χ1n) is 4.61. The van der Waals surface area contributed by atoms with E-state index in [1.807, 2.05) is 13.8 Å². The second-order valence-electron chi connectivity index (χ2n) is 2.51. The summed E-state index contributed by atoms with van der Waals surface area (Å²) < 4.78 is 0. The molecule has 0 aromatic heterocycles. The minimum atomic E-state index is -0.159. The number of carbonyl (C=O) groups is 2. The number of allylic oxidation sites excluding steroid dienone is 2. The van der Waals surface area contributed by atoms with Crippen molar-refractivity contribution in [3.63, 3.8) is 0 Å². The maximum absolute atomic E-state index is 10.9. The van der Waals surface area contributed by atoms with Crippen LogP contribution in [0.2, 0.25) is 0 Å². The Morgan fingerprint density at radius 3 is 1.57 bits per heavy atom. The summed E-state index contributed by atoms with van der Waals surface area (Å²) in [7, 11) is 0. The molecule has 0 spiro atoms. The Morgan fingerprint density at radius 2 is 1.29 bits per heavy atom. The van der Waals surface area contributed by atoms with E-state index < -0.39 is 0 Å². The fraction of sp³-hybridized carbons (Fsp3) is 0.400. The fourth-order valence-electron chi connectivity index (χ4n) is 0.752. The van der Waals surface area contributed by atoms with Gasteiger partial charge in [-0.1, -0.05) is 12.2 Å². The highest BCUT2D eigenvalue weighted by molar-refractivity contribution is 5.89. The van der Waals surface area contributed by atoms with Crippen LogP contribution in [-0.2, 0) is 9.59 Å². The molecule has 4 heteroatoms. The van der Waals surface area contributed by atoms with Gasteiger partial charge in [0.15, 0.2) is 0 Å². The molecule has 0 aliphatic carbocycles. The zero-order chi connectivity index (χ0) is 10.8. The highest BCUT2D eigenvalue weighted by atomic mass is 16.2. The molecule has 2 amide bonds. The Bertz CT molecular complexity index is 219. The van der Waals surface area contributed by atoms with E-state index >= 15 is 0 Å². The zero-order valence-electron chi connectivity index (χ0n) is 8.54. The predicted molar refractivity (Wildman–Crippen MR) is 55.6 cm³/mol. The predicted octanol–water partition coefficient (Wildman–Crippen LogP) is 0.371. The molecule has 0 rings (SSSR count). The minimum Gasteiger partial charge on any atom is -0.353 e. The SMILES string of the molecule is CCNC(=O)/C=C\C=C/C(=O)NCC. The Morgan fingerprint density at radius 1 is 0.929 bits per heavy atom. The average molecular weight is 196 g/mol. The van der Waals surface area contributed by atoms with Gasteiger partial charge in [-0.15, -0.1) is 0 Å². The molecule has 2 N–H and O–H groups in total. The van der Waals surface area contributed by atoms with E-state index in [0.717, 1.165) is 0 Å². The Kier molecular flexibility index (Phi) is 7.13. The van der Waals surface area contributed by atoms with Gasteiger partial charge in [0.1, 0.15) is 0 Å². The van der Waals surface area contributed by atoms with E-state index in [-0.39, 0.29) is 11.8 Å². The summed E-state index contributed by atoms with van der Waals surface area (Å²) in [6, 6.07) is 0. The summed E-state index contributed by atoms with van der Waals surface area (Å²) in [4.78, 5) is 21.8. The molecule has 0 bridgehead atoms. The van der Waals surface area contributed by atoms with Crippen molar-refractivity contribution in [2.24, 2.45) is 0 Å². The molecule has 0 unspecified atom stereocenters. The summed E-state index contributed by atoms with van der Waals surface area (Å²) in [6.07, 6.45) is 5.80. The van der Waals surface area contributed by atoms with Crippen molar-refractivity contribution in [3.05, 3.63) is 24.3 Å². The lowest BCUT2D eigenvalue weighted by Crippen LogP contribution is -2.20. The lowest BCUT2D eigenvalue weighted by atomic mass is 10.4. The van der Waals surface area contributed by atoms with Crippen LogP contribution in [0.4, 0.5) is 0 Å². The number of likely N-dealkylation sites (N-methyl/N-ethyl adjacent to an activating group) is 2. The van der Waals surface area contributed by atoms with Crippen molar-refractivity contribution in [2.75, 3.05) is 13.1 Å². The molecular weight excluding hydrogens is 180 g/mol. The lowest BCUT2D eigenvalue weighted by molar-refractivity contribution is -0.117. The van der Waals surface area contributed by atoms with Crippen LogP contribution >= 0.6 is 0 Å². The van der Waals surface area contributed by atoms with E-state index in [0.29, 0.717) is 13.1 Å². The molecule has 0 saturated carbocycles. The van der Waals surface area contributed by atoms with Crippen molar-refractivity contribution in [1.82, 2.24) is 10.6 Å². The molecule has 0 aromatic rings. The molecule has 0 heterocycles. The van der Waals surface area contributed by atoms with Crippen molar-refractivity contribution in [3.8, 4) is 0 Å². The van der Waals surface area contributed by atoms with Crippen LogP contribution in [0.5, 0.6) is 0 Å². The van der Waals surface area contributed by atoms with Gasteiger partial charge in [-0.05, 0) is 13.8 Å². The van der Waals surface area contributed by atoms with Crippen molar-refractivity contribution in [2.45, 2.75) is 13.8 Å². The summed E-state index contributed by atoms with van der Waals surface area (Å²) in [5.41, 5.74) is 0. The molecule has 0 fully saturated rings. The smallest absolute Gasteiger partial charge is 0.243 e. The van der Waals surface area contributed by atoms with Crippen molar-refractivity contribution >= 4 is 11.8 Å². The van der Waals surface area contributed by atoms with E-state index in [9.17, 15) is 9.59 Å². The maximum atomic E-state index is 10.9. The summed E-state index contributed by atoms with van der Waals surface area (Å²) in [6.45, 7) is 4.89. The van der Waals surface area contributed by atoms with Gasteiger partial charge in [0.05, 0.1) is 0 Å². The number of hydrogen-bond donors (Lipinski definition) is 2. The van der Waals surface area contributed by atoms with Gasteiger partial charge in [0.25, 0.3) is 0 Å². The molecule has 0 aliphatic heterocycles. The van der Waals surface area contributed by atoms with Gasteiger partial charge in [-0.25, -0.2) is 0 Å². The van der Waals surface area contributed by atoms with Gasteiger partial charge in [0, 0.05) is 25.2 Å². The number of amides is 2. The summed E-state index contributed by atoms with van der Waals surface area (Å²) in [5, 5.41) is 5.20. The number of hydrogen-bond acceptors (Lipinski definition) is 2. The Labute approximate surface area is 84.1 Å². The van der Waals surface area contributed by atoms with Gasteiger partial charge in [0.2, 0.25) is 11.8 Å². The maximum Gasteiger partial charge on any atom is 0.243 e. The standard InChI is InChI=1S/C10H16N2O2/c1-3-11-9(13)7-5-6-8-10(14)12-4-2/h5-8H,3-4H2,1-2H3,(H,11,13)(H,12,14)/b7-5-,8-6-. The van der Waals surface area contributed by atoms with Gasteiger partial charge < -0.3 is 10.6 Å². The van der Waals surface area contributed by atoms with E-state index in [2.05, 4.69) is 10.6 Å². The van der Waals surface area contributed by atoms with Crippen molar-refractivity contribution in [1.29, 1.82) is 0 Å². The largest absolute Gasteiger partial charge is 0.353 e. The molecule has 0 aromatic carbocycles. The second kappa shape index (κ2) is 8.04. The normalized spacial score (nSPS) is 10.7. The number of rotatable bonds is 5. The van der Waals surface area contributed by atoms with Crippen LogP contribution < -0.4 is 10.6 Å². The third-order valence-corrected chi connectivity index (χ3v) is 1.31. The van der Waals surface area contributed by atoms with Crippen LogP contribution in [-0.4, -0.2) is 24.9 Å². The molecule has 0 aliphatic rings. The summed E-state index contributed by atoms with van der Waals surface area (Å²) >= 11 is 0. The van der Waals surface area contributed by atoms with Crippen LogP contribution in [0.1, 0.15) is 13.8 Å². The van der Waals surface area contributed by atoms with E-state index in [1.165, 1.54) is 24.3 Å². The van der Waals surface area contributed by atoms with Gasteiger partial charge >= 0.3 is 0 Å². The molecular formula is C10H16N2O2. The highest BCUT2D eigenvalue weighted by Crippen LogP contribution is 1.78. The molecule has 0 atom stereocenters. The zero-order valence-corrected chi connectivity index (χ0v) is 8.54. The van der Waals surface area contributed by atoms with Gasteiger partial charge in [-0.2, -0.15) is 0 Å².